The van der Waals surface area contributed by atoms with Gasteiger partial charge < -0.3 is 4.90 Å². The number of nitro benzene ring substituents is 1. The Balaban J connectivity index is 2.23. The molecule has 0 saturated heterocycles. The van der Waals surface area contributed by atoms with Gasteiger partial charge in [-0.1, -0.05) is 18.2 Å². The molecule has 5 nitrogen and oxygen atoms in total. The third kappa shape index (κ3) is 2.70. The summed E-state index contributed by atoms with van der Waals surface area (Å²) in [6.07, 6.45) is 0. The normalized spacial score (nSPS) is 14.1. The maximum absolute atomic E-state index is 11.1. The summed E-state index contributed by atoms with van der Waals surface area (Å²) in [4.78, 5) is 17.5. The summed E-state index contributed by atoms with van der Waals surface area (Å²) in [5.41, 5.74) is 3.72. The van der Waals surface area contributed by atoms with Gasteiger partial charge in [-0.25, -0.2) is 0 Å². The van der Waals surface area contributed by atoms with Gasteiger partial charge >= 0.3 is 0 Å². The first-order valence-electron chi connectivity index (χ1n) is 6.87. The number of likely N-dealkylation sites (N-methyl/N-ethyl adjacent to an activating group) is 1. The van der Waals surface area contributed by atoms with Gasteiger partial charge in [0.2, 0.25) is 0 Å². The lowest BCUT2D eigenvalue weighted by atomic mass is 9.99. The van der Waals surface area contributed by atoms with Crippen LogP contribution < -0.4 is 4.90 Å². The molecule has 0 saturated carbocycles. The van der Waals surface area contributed by atoms with E-state index in [0.29, 0.717) is 6.54 Å². The third-order valence-electron chi connectivity index (χ3n) is 3.69. The molecule has 0 N–H and O–H groups in total. The Kier molecular flexibility index (Phi) is 4.10. The van der Waals surface area contributed by atoms with Gasteiger partial charge in [-0.15, -0.1) is 0 Å². The highest BCUT2D eigenvalue weighted by Crippen LogP contribution is 2.30. The largest absolute Gasteiger partial charge is 0.372 e. The summed E-state index contributed by atoms with van der Waals surface area (Å²) in [5.74, 6) is 0. The van der Waals surface area contributed by atoms with Crippen molar-refractivity contribution in [2.45, 2.75) is 0 Å². The van der Waals surface area contributed by atoms with Crippen LogP contribution in [0, 0.1) is 13.7 Å². The van der Waals surface area contributed by atoms with E-state index in [4.69, 9.17) is 4.99 Å². The maximum Gasteiger partial charge on any atom is 0.270 e. The summed E-state index contributed by atoms with van der Waals surface area (Å²) >= 11 is 2.27. The van der Waals surface area contributed by atoms with Crippen molar-refractivity contribution in [1.29, 1.82) is 0 Å². The van der Waals surface area contributed by atoms with Crippen LogP contribution in [0.25, 0.3) is 0 Å². The first-order valence-corrected chi connectivity index (χ1v) is 7.95. The minimum absolute atomic E-state index is 0.0905. The highest BCUT2D eigenvalue weighted by atomic mass is 127. The van der Waals surface area contributed by atoms with E-state index in [-0.39, 0.29) is 10.6 Å². The second-order valence-electron chi connectivity index (χ2n) is 5.09. The van der Waals surface area contributed by atoms with E-state index in [9.17, 15) is 10.1 Å². The van der Waals surface area contributed by atoms with E-state index >= 15 is 0 Å². The highest BCUT2D eigenvalue weighted by Gasteiger charge is 2.21. The summed E-state index contributed by atoms with van der Waals surface area (Å²) in [6, 6.07) is 12.9. The van der Waals surface area contributed by atoms with Crippen molar-refractivity contribution in [2.75, 3.05) is 25.0 Å². The molecule has 2 aromatic rings. The van der Waals surface area contributed by atoms with Crippen LogP contribution in [0.2, 0.25) is 0 Å². The fourth-order valence-corrected chi connectivity index (χ4v) is 3.20. The fraction of sp³-hybridized carbons (Fsp3) is 0.188. The van der Waals surface area contributed by atoms with Gasteiger partial charge in [0, 0.05) is 46.1 Å². The molecule has 0 spiro atoms. The molecule has 0 fully saturated rings. The predicted octanol–water partition coefficient (Wildman–Crippen LogP) is 3.49. The second-order valence-corrected chi connectivity index (χ2v) is 6.25. The Hall–Kier alpha value is -1.96. The Morgan fingerprint density at radius 3 is 2.73 bits per heavy atom. The van der Waals surface area contributed by atoms with Crippen LogP contribution >= 0.6 is 22.6 Å². The lowest BCUT2D eigenvalue weighted by molar-refractivity contribution is -0.384. The van der Waals surface area contributed by atoms with Crippen molar-refractivity contribution in [2.24, 2.45) is 4.99 Å². The van der Waals surface area contributed by atoms with E-state index in [1.165, 1.54) is 0 Å². The number of aliphatic imine (C=N–C) groups is 1. The number of benzodiazepines with no additional fused rings is 1. The van der Waals surface area contributed by atoms with Crippen LogP contribution in [0.4, 0.5) is 11.4 Å². The molecule has 0 bridgehead atoms. The number of rotatable bonds is 2. The van der Waals surface area contributed by atoms with Gasteiger partial charge in [0.15, 0.2) is 0 Å². The lowest BCUT2D eigenvalue weighted by Gasteiger charge is -2.19. The summed E-state index contributed by atoms with van der Waals surface area (Å²) in [6.45, 7) is 1.46. The third-order valence-corrected chi connectivity index (χ3v) is 4.63. The maximum atomic E-state index is 11.1. The molecule has 2 aromatic carbocycles. The van der Waals surface area contributed by atoms with Crippen molar-refractivity contribution in [1.82, 2.24) is 0 Å². The zero-order valence-corrected chi connectivity index (χ0v) is 14.1. The first-order chi connectivity index (χ1) is 10.6. The Morgan fingerprint density at radius 2 is 2.00 bits per heavy atom. The molecular formula is C16H14IN3O2. The SMILES string of the molecule is CN1CCN=C(c2ccccc2I)c2cc([N+](=O)[O-])ccc21. The zero-order chi connectivity index (χ0) is 15.7. The number of fused-ring (bicyclic) bond motifs is 1. The molecule has 0 aromatic heterocycles. The van der Waals surface area contributed by atoms with E-state index in [2.05, 4.69) is 27.5 Å². The molecule has 0 amide bonds. The topological polar surface area (TPSA) is 58.7 Å². The number of non-ortho nitro benzene ring substituents is 1. The van der Waals surface area contributed by atoms with Crippen LogP contribution in [0.15, 0.2) is 47.5 Å². The average molecular weight is 407 g/mol. The van der Waals surface area contributed by atoms with E-state index < -0.39 is 0 Å². The number of nitro groups is 1. The Bertz CT molecular complexity index is 774. The molecule has 1 aliphatic heterocycles. The first kappa shape index (κ1) is 15.0. The molecule has 0 atom stereocenters. The Morgan fingerprint density at radius 1 is 1.23 bits per heavy atom. The second kappa shape index (κ2) is 6.04. The van der Waals surface area contributed by atoms with Crippen LogP contribution in [0.3, 0.4) is 0 Å². The van der Waals surface area contributed by atoms with Gasteiger partial charge in [0.25, 0.3) is 5.69 Å². The molecule has 3 rings (SSSR count). The minimum atomic E-state index is -0.362. The van der Waals surface area contributed by atoms with Crippen molar-refractivity contribution >= 4 is 39.7 Å². The van der Waals surface area contributed by atoms with Crippen molar-refractivity contribution in [3.8, 4) is 0 Å². The van der Waals surface area contributed by atoms with Crippen LogP contribution in [0.5, 0.6) is 0 Å². The van der Waals surface area contributed by atoms with Crippen molar-refractivity contribution < 1.29 is 4.92 Å². The monoisotopic (exact) mass is 407 g/mol. The van der Waals surface area contributed by atoms with Crippen molar-refractivity contribution in [3.05, 3.63) is 67.3 Å². The molecular weight excluding hydrogens is 393 g/mol. The fourth-order valence-electron chi connectivity index (χ4n) is 2.56. The van der Waals surface area contributed by atoms with Gasteiger partial charge in [0.05, 0.1) is 17.2 Å². The summed E-state index contributed by atoms with van der Waals surface area (Å²) in [5, 5.41) is 11.1. The molecule has 22 heavy (non-hydrogen) atoms. The number of benzene rings is 2. The van der Waals surface area contributed by atoms with E-state index in [1.54, 1.807) is 12.1 Å². The molecule has 1 heterocycles. The summed E-state index contributed by atoms with van der Waals surface area (Å²) in [7, 11) is 1.99. The average Bonchev–Trinajstić information content (AvgIpc) is 2.67. The molecule has 112 valence electrons. The van der Waals surface area contributed by atoms with Gasteiger partial charge in [-0.2, -0.15) is 0 Å². The Labute approximate surface area is 142 Å². The van der Waals surface area contributed by atoms with Crippen molar-refractivity contribution in [3.63, 3.8) is 0 Å². The van der Waals surface area contributed by atoms with Crippen LogP contribution in [-0.2, 0) is 0 Å². The predicted molar refractivity (Wildman–Crippen MR) is 96.0 cm³/mol. The van der Waals surface area contributed by atoms with Crippen LogP contribution in [-0.4, -0.2) is 30.8 Å². The highest BCUT2D eigenvalue weighted by molar-refractivity contribution is 14.1. The smallest absolute Gasteiger partial charge is 0.270 e. The zero-order valence-electron chi connectivity index (χ0n) is 12.0. The number of halogens is 1. The van der Waals surface area contributed by atoms with Gasteiger partial charge in [-0.05, 0) is 34.7 Å². The standard InChI is InChI=1S/C16H14IN3O2/c1-19-9-8-18-16(12-4-2-3-5-14(12)17)13-10-11(20(21)22)6-7-15(13)19/h2-7,10H,8-9H2,1H3. The molecule has 6 heteroatoms. The summed E-state index contributed by atoms with van der Waals surface area (Å²) < 4.78 is 1.08. The molecule has 1 aliphatic rings. The van der Waals surface area contributed by atoms with Gasteiger partial charge in [-0.3, -0.25) is 15.1 Å². The molecule has 0 radical (unpaired) electrons. The lowest BCUT2D eigenvalue weighted by Crippen LogP contribution is -2.20. The molecule has 0 unspecified atom stereocenters. The number of nitrogens with zero attached hydrogens (tertiary/aromatic N) is 3. The number of hydrogen-bond donors (Lipinski definition) is 0. The molecule has 0 aliphatic carbocycles. The number of anilines is 1. The minimum Gasteiger partial charge on any atom is -0.372 e. The number of hydrogen-bond acceptors (Lipinski definition) is 4. The van der Waals surface area contributed by atoms with E-state index in [1.807, 2.05) is 37.4 Å². The quantitative estimate of drug-likeness (QED) is 0.435. The van der Waals surface area contributed by atoms with Crippen LogP contribution in [0.1, 0.15) is 11.1 Å². The van der Waals surface area contributed by atoms with Gasteiger partial charge in [0.1, 0.15) is 0 Å². The van der Waals surface area contributed by atoms with E-state index in [0.717, 1.165) is 32.6 Å².